The van der Waals surface area contributed by atoms with Gasteiger partial charge in [-0.25, -0.2) is 0 Å². The average molecular weight is 344 g/mol. The molecule has 2 amide bonds. The lowest BCUT2D eigenvalue weighted by Crippen LogP contribution is -2.55. The second-order valence-electron chi connectivity index (χ2n) is 7.00. The number of ether oxygens (including phenoxy) is 2. The molecular weight excluding hydrogens is 320 g/mol. The Morgan fingerprint density at radius 1 is 1.28 bits per heavy atom. The number of benzene rings is 1. The Labute approximate surface area is 147 Å². The summed E-state index contributed by atoms with van der Waals surface area (Å²) in [5.74, 6) is 0.758. The van der Waals surface area contributed by atoms with Crippen LogP contribution < -0.4 is 10.1 Å². The molecule has 2 atom stereocenters. The third-order valence-electron chi connectivity index (χ3n) is 5.39. The average Bonchev–Trinajstić information content (AvgIpc) is 2.65. The number of amides is 2. The van der Waals surface area contributed by atoms with E-state index in [0.29, 0.717) is 31.7 Å². The van der Waals surface area contributed by atoms with Gasteiger partial charge in [-0.15, -0.1) is 0 Å². The van der Waals surface area contributed by atoms with Gasteiger partial charge in [0.1, 0.15) is 5.75 Å². The number of carbonyl (C=O) groups excluding carboxylic acids is 2. The van der Waals surface area contributed by atoms with Crippen molar-refractivity contribution in [3.05, 3.63) is 23.8 Å². The normalized spacial score (nSPS) is 25.6. The number of anilines is 1. The number of fused-ring (bicyclic) bond motifs is 2. The fourth-order valence-corrected chi connectivity index (χ4v) is 4.08. The fraction of sp³-hybridized carbons (Fsp3) is 0.579. The topological polar surface area (TPSA) is 67.9 Å². The number of carbonyl (C=O) groups is 2. The minimum atomic E-state index is 0.0335. The highest BCUT2D eigenvalue weighted by atomic mass is 16.5. The molecule has 1 saturated carbocycles. The van der Waals surface area contributed by atoms with Crippen LogP contribution >= 0.6 is 0 Å². The summed E-state index contributed by atoms with van der Waals surface area (Å²) in [4.78, 5) is 26.0. The summed E-state index contributed by atoms with van der Waals surface area (Å²) in [6, 6.07) is 5.78. The van der Waals surface area contributed by atoms with Gasteiger partial charge in [0.2, 0.25) is 5.91 Å². The van der Waals surface area contributed by atoms with Crippen LogP contribution in [-0.2, 0) is 20.7 Å². The zero-order valence-electron chi connectivity index (χ0n) is 14.3. The van der Waals surface area contributed by atoms with Gasteiger partial charge in [-0.3, -0.25) is 9.59 Å². The van der Waals surface area contributed by atoms with Gasteiger partial charge in [0.05, 0.1) is 18.8 Å². The molecule has 0 bridgehead atoms. The number of rotatable bonds is 3. The van der Waals surface area contributed by atoms with Crippen molar-refractivity contribution in [1.29, 1.82) is 0 Å². The predicted molar refractivity (Wildman–Crippen MR) is 92.6 cm³/mol. The molecule has 0 spiro atoms. The van der Waals surface area contributed by atoms with E-state index in [1.54, 1.807) is 6.07 Å². The van der Waals surface area contributed by atoms with Crippen LogP contribution in [0.2, 0.25) is 0 Å². The molecule has 134 valence electrons. The number of hydrogen-bond donors (Lipinski definition) is 1. The van der Waals surface area contributed by atoms with E-state index in [4.69, 9.17) is 9.47 Å². The molecule has 0 unspecified atom stereocenters. The SMILES string of the molecule is O=C1CCc2cc(OCC(=O)N3CCO[C@@H]4CCCC[C@@H]43)ccc2N1. The molecule has 2 heterocycles. The van der Waals surface area contributed by atoms with E-state index in [2.05, 4.69) is 5.32 Å². The van der Waals surface area contributed by atoms with Crippen LogP contribution in [0, 0.1) is 0 Å². The van der Waals surface area contributed by atoms with Crippen molar-refractivity contribution < 1.29 is 19.1 Å². The number of nitrogens with one attached hydrogen (secondary N) is 1. The minimum Gasteiger partial charge on any atom is -0.484 e. The Hall–Kier alpha value is -2.08. The lowest BCUT2D eigenvalue weighted by Gasteiger charge is -2.43. The lowest BCUT2D eigenvalue weighted by molar-refractivity contribution is -0.151. The van der Waals surface area contributed by atoms with Crippen molar-refractivity contribution in [3.63, 3.8) is 0 Å². The van der Waals surface area contributed by atoms with Gasteiger partial charge in [0, 0.05) is 18.7 Å². The first-order chi connectivity index (χ1) is 12.2. The van der Waals surface area contributed by atoms with E-state index in [9.17, 15) is 9.59 Å². The zero-order chi connectivity index (χ0) is 17.2. The zero-order valence-corrected chi connectivity index (χ0v) is 14.3. The second-order valence-corrected chi connectivity index (χ2v) is 7.00. The Morgan fingerprint density at radius 2 is 2.16 bits per heavy atom. The molecule has 3 aliphatic rings. The third kappa shape index (κ3) is 3.49. The standard InChI is InChI=1S/C19H24N2O4/c22-18-8-5-13-11-14(6-7-15(13)20-18)25-12-19(23)21-9-10-24-17-4-2-1-3-16(17)21/h6-7,11,16-17H,1-5,8-10,12H2,(H,20,22)/t16-,17+/m0/s1. The summed E-state index contributed by atoms with van der Waals surface area (Å²) in [6.07, 6.45) is 5.81. The minimum absolute atomic E-state index is 0.0335. The predicted octanol–water partition coefficient (Wildman–Crippen LogP) is 2.12. The van der Waals surface area contributed by atoms with E-state index in [1.165, 1.54) is 6.42 Å². The van der Waals surface area contributed by atoms with Crippen LogP contribution in [0.15, 0.2) is 18.2 Å². The molecule has 4 rings (SSSR count). The number of hydrogen-bond acceptors (Lipinski definition) is 4. The van der Waals surface area contributed by atoms with Gasteiger partial charge < -0.3 is 19.7 Å². The van der Waals surface area contributed by atoms with Crippen molar-refractivity contribution >= 4 is 17.5 Å². The van der Waals surface area contributed by atoms with Gasteiger partial charge in [-0.05, 0) is 43.0 Å². The van der Waals surface area contributed by atoms with Gasteiger partial charge >= 0.3 is 0 Å². The molecule has 2 fully saturated rings. The molecule has 1 aromatic rings. The highest BCUT2D eigenvalue weighted by Crippen LogP contribution is 2.29. The maximum absolute atomic E-state index is 12.6. The first-order valence-electron chi connectivity index (χ1n) is 9.17. The molecule has 6 heteroatoms. The van der Waals surface area contributed by atoms with Crippen molar-refractivity contribution in [3.8, 4) is 5.75 Å². The third-order valence-corrected chi connectivity index (χ3v) is 5.39. The van der Waals surface area contributed by atoms with Gasteiger partial charge in [-0.1, -0.05) is 12.8 Å². The number of aryl methyl sites for hydroxylation is 1. The van der Waals surface area contributed by atoms with Crippen molar-refractivity contribution in [2.24, 2.45) is 0 Å². The highest BCUT2D eigenvalue weighted by Gasteiger charge is 2.36. The molecule has 25 heavy (non-hydrogen) atoms. The van der Waals surface area contributed by atoms with Crippen molar-refractivity contribution in [2.75, 3.05) is 25.1 Å². The number of morpholine rings is 1. The Bertz CT molecular complexity index is 673. The lowest BCUT2D eigenvalue weighted by atomic mass is 9.90. The smallest absolute Gasteiger partial charge is 0.260 e. The molecule has 0 radical (unpaired) electrons. The van der Waals surface area contributed by atoms with Crippen molar-refractivity contribution in [1.82, 2.24) is 4.90 Å². The Morgan fingerprint density at radius 3 is 3.08 bits per heavy atom. The summed E-state index contributed by atoms with van der Waals surface area (Å²) in [6.45, 7) is 1.32. The van der Waals surface area contributed by atoms with Crippen LogP contribution in [0.3, 0.4) is 0 Å². The first-order valence-corrected chi connectivity index (χ1v) is 9.17. The largest absolute Gasteiger partial charge is 0.484 e. The van der Waals surface area contributed by atoms with E-state index in [1.807, 2.05) is 17.0 Å². The molecule has 2 aliphatic heterocycles. The van der Waals surface area contributed by atoms with E-state index in [-0.39, 0.29) is 30.6 Å². The second kappa shape index (κ2) is 7.04. The van der Waals surface area contributed by atoms with Crippen LogP contribution in [-0.4, -0.2) is 48.6 Å². The summed E-state index contributed by atoms with van der Waals surface area (Å²) < 4.78 is 11.6. The highest BCUT2D eigenvalue weighted by molar-refractivity contribution is 5.94. The van der Waals surface area contributed by atoms with Crippen LogP contribution in [0.25, 0.3) is 0 Å². The summed E-state index contributed by atoms with van der Waals surface area (Å²) in [5.41, 5.74) is 1.90. The Kier molecular flexibility index (Phi) is 4.61. The van der Waals surface area contributed by atoms with Crippen LogP contribution in [0.4, 0.5) is 5.69 Å². The quantitative estimate of drug-likeness (QED) is 0.912. The molecule has 1 saturated heterocycles. The maximum atomic E-state index is 12.6. The van der Waals surface area contributed by atoms with Gasteiger partial charge in [0.25, 0.3) is 5.91 Å². The molecular formula is C19H24N2O4. The fourth-order valence-electron chi connectivity index (χ4n) is 4.08. The Balaban J connectivity index is 1.37. The van der Waals surface area contributed by atoms with Crippen LogP contribution in [0.1, 0.15) is 37.7 Å². The molecule has 0 aromatic heterocycles. The summed E-state index contributed by atoms with van der Waals surface area (Å²) in [5, 5.41) is 2.85. The molecule has 1 aliphatic carbocycles. The van der Waals surface area contributed by atoms with Crippen LogP contribution in [0.5, 0.6) is 5.75 Å². The number of nitrogens with zero attached hydrogens (tertiary/aromatic N) is 1. The monoisotopic (exact) mass is 344 g/mol. The maximum Gasteiger partial charge on any atom is 0.260 e. The summed E-state index contributed by atoms with van der Waals surface area (Å²) >= 11 is 0. The molecule has 1 aromatic carbocycles. The first kappa shape index (κ1) is 16.4. The summed E-state index contributed by atoms with van der Waals surface area (Å²) in [7, 11) is 0. The van der Waals surface area contributed by atoms with Crippen molar-refractivity contribution in [2.45, 2.75) is 50.7 Å². The molecule has 1 N–H and O–H groups in total. The van der Waals surface area contributed by atoms with E-state index in [0.717, 1.165) is 30.5 Å². The van der Waals surface area contributed by atoms with Gasteiger partial charge in [0.15, 0.2) is 6.61 Å². The van der Waals surface area contributed by atoms with E-state index >= 15 is 0 Å². The molecule has 6 nitrogen and oxygen atoms in total. The van der Waals surface area contributed by atoms with Gasteiger partial charge in [-0.2, -0.15) is 0 Å². The van der Waals surface area contributed by atoms with E-state index < -0.39 is 0 Å².